The molecular formula is C14H18N4O. The molecular weight excluding hydrogens is 240 g/mol. The van der Waals surface area contributed by atoms with Crippen LogP contribution in [0.25, 0.3) is 5.69 Å². The third-order valence-corrected chi connectivity index (χ3v) is 2.82. The number of rotatable bonds is 5. The topological polar surface area (TPSA) is 72.9 Å². The molecule has 0 spiro atoms. The van der Waals surface area contributed by atoms with Crippen molar-refractivity contribution < 1.29 is 4.79 Å². The van der Waals surface area contributed by atoms with Crippen molar-refractivity contribution in [1.82, 2.24) is 15.1 Å². The van der Waals surface area contributed by atoms with E-state index in [1.807, 2.05) is 18.2 Å². The number of aromatic nitrogens is 2. The number of para-hydroxylation sites is 2. The van der Waals surface area contributed by atoms with Crippen molar-refractivity contribution >= 4 is 11.6 Å². The lowest BCUT2D eigenvalue weighted by atomic mass is 10.3. The molecule has 1 aromatic heterocycles. The number of nitrogens with zero attached hydrogens (tertiary/aromatic N) is 2. The zero-order chi connectivity index (χ0) is 13.7. The molecule has 1 aromatic carbocycles. The number of nitrogens with one attached hydrogen (secondary N) is 1. The van der Waals surface area contributed by atoms with Gasteiger partial charge < -0.3 is 11.1 Å². The lowest BCUT2D eigenvalue weighted by molar-refractivity contribution is 0.0948. The van der Waals surface area contributed by atoms with Crippen molar-refractivity contribution in [2.24, 2.45) is 0 Å². The molecule has 0 aliphatic carbocycles. The number of benzene rings is 1. The van der Waals surface area contributed by atoms with Crippen LogP contribution in [0.3, 0.4) is 0 Å². The molecule has 3 N–H and O–H groups in total. The molecule has 2 rings (SSSR count). The molecule has 0 bridgehead atoms. The quantitative estimate of drug-likeness (QED) is 0.636. The van der Waals surface area contributed by atoms with Crippen LogP contribution in [0, 0.1) is 0 Å². The molecule has 5 nitrogen and oxygen atoms in total. The third-order valence-electron chi connectivity index (χ3n) is 2.82. The first-order chi connectivity index (χ1) is 9.22. The number of hydrogen-bond donors (Lipinski definition) is 2. The normalized spacial score (nSPS) is 10.4. The molecule has 1 amide bonds. The monoisotopic (exact) mass is 258 g/mol. The highest BCUT2D eigenvalue weighted by atomic mass is 16.1. The van der Waals surface area contributed by atoms with Gasteiger partial charge in [-0.2, -0.15) is 5.10 Å². The van der Waals surface area contributed by atoms with E-state index in [4.69, 9.17) is 5.73 Å². The molecule has 0 unspecified atom stereocenters. The lowest BCUT2D eigenvalue weighted by Gasteiger charge is -2.04. The minimum absolute atomic E-state index is 0.151. The van der Waals surface area contributed by atoms with Gasteiger partial charge in [-0.3, -0.25) is 4.79 Å². The summed E-state index contributed by atoms with van der Waals surface area (Å²) >= 11 is 0. The fourth-order valence-corrected chi connectivity index (χ4v) is 1.74. The number of hydrogen-bond acceptors (Lipinski definition) is 3. The molecule has 0 aliphatic rings. The highest BCUT2D eigenvalue weighted by Crippen LogP contribution is 2.15. The first kappa shape index (κ1) is 13.1. The number of nitrogens with two attached hydrogens (primary N) is 1. The van der Waals surface area contributed by atoms with Crippen molar-refractivity contribution in [2.45, 2.75) is 19.8 Å². The van der Waals surface area contributed by atoms with Crippen LogP contribution in [0.5, 0.6) is 0 Å². The maximum absolute atomic E-state index is 11.8. The number of carbonyl (C=O) groups is 1. The van der Waals surface area contributed by atoms with Crippen LogP contribution in [0.15, 0.2) is 36.5 Å². The van der Waals surface area contributed by atoms with Crippen LogP contribution in [0.4, 0.5) is 5.69 Å². The Morgan fingerprint density at radius 1 is 1.37 bits per heavy atom. The van der Waals surface area contributed by atoms with Gasteiger partial charge in [-0.15, -0.1) is 0 Å². The average Bonchev–Trinajstić information content (AvgIpc) is 2.89. The Morgan fingerprint density at radius 2 is 2.16 bits per heavy atom. The minimum Gasteiger partial charge on any atom is -0.397 e. The smallest absolute Gasteiger partial charge is 0.271 e. The van der Waals surface area contributed by atoms with Crippen molar-refractivity contribution in [3.63, 3.8) is 0 Å². The van der Waals surface area contributed by atoms with Gasteiger partial charge in [-0.1, -0.05) is 25.5 Å². The Morgan fingerprint density at radius 3 is 2.89 bits per heavy atom. The predicted octanol–water partition coefficient (Wildman–Crippen LogP) is 1.98. The molecule has 0 saturated heterocycles. The van der Waals surface area contributed by atoms with Crippen LogP contribution in [0.2, 0.25) is 0 Å². The number of nitrogen functional groups attached to an aromatic ring is 1. The van der Waals surface area contributed by atoms with E-state index < -0.39 is 0 Å². The van der Waals surface area contributed by atoms with Gasteiger partial charge in [-0.25, -0.2) is 4.68 Å². The van der Waals surface area contributed by atoms with Crippen LogP contribution < -0.4 is 11.1 Å². The summed E-state index contributed by atoms with van der Waals surface area (Å²) in [5, 5.41) is 7.08. The standard InChI is InChI=1S/C14H18N4O/c1-2-3-9-16-14(19)12-8-10-18(17-12)13-7-5-4-6-11(13)15/h4-8,10H,2-3,9,15H2,1H3,(H,16,19). The number of unbranched alkanes of at least 4 members (excludes halogenated alkanes) is 1. The van der Waals surface area contributed by atoms with Gasteiger partial charge in [0.1, 0.15) is 0 Å². The van der Waals surface area contributed by atoms with E-state index in [0.717, 1.165) is 18.5 Å². The van der Waals surface area contributed by atoms with Crippen LogP contribution in [-0.2, 0) is 0 Å². The number of amides is 1. The van der Waals surface area contributed by atoms with E-state index in [1.54, 1.807) is 23.0 Å². The molecule has 0 atom stereocenters. The fourth-order valence-electron chi connectivity index (χ4n) is 1.74. The van der Waals surface area contributed by atoms with Crippen LogP contribution in [0.1, 0.15) is 30.3 Å². The zero-order valence-electron chi connectivity index (χ0n) is 11.0. The summed E-state index contributed by atoms with van der Waals surface area (Å²) in [5.74, 6) is -0.151. The Hall–Kier alpha value is -2.30. The summed E-state index contributed by atoms with van der Waals surface area (Å²) in [6.45, 7) is 2.76. The molecule has 1 heterocycles. The molecule has 100 valence electrons. The first-order valence-electron chi connectivity index (χ1n) is 6.41. The maximum Gasteiger partial charge on any atom is 0.271 e. The van der Waals surface area contributed by atoms with E-state index in [0.29, 0.717) is 17.9 Å². The van der Waals surface area contributed by atoms with Gasteiger partial charge in [0.2, 0.25) is 0 Å². The summed E-state index contributed by atoms with van der Waals surface area (Å²) < 4.78 is 1.62. The van der Waals surface area contributed by atoms with E-state index in [1.165, 1.54) is 0 Å². The summed E-state index contributed by atoms with van der Waals surface area (Å²) in [5.41, 5.74) is 7.68. The van der Waals surface area contributed by atoms with Crippen LogP contribution >= 0.6 is 0 Å². The summed E-state index contributed by atoms with van der Waals surface area (Å²) in [6, 6.07) is 9.10. The SMILES string of the molecule is CCCCNC(=O)c1ccn(-c2ccccc2N)n1. The maximum atomic E-state index is 11.8. The van der Waals surface area contributed by atoms with Crippen molar-refractivity contribution in [3.05, 3.63) is 42.2 Å². The number of anilines is 1. The fraction of sp³-hybridized carbons (Fsp3) is 0.286. The second-order valence-corrected chi connectivity index (χ2v) is 4.31. The Balaban J connectivity index is 2.11. The van der Waals surface area contributed by atoms with Crippen molar-refractivity contribution in [3.8, 4) is 5.69 Å². The molecule has 0 fully saturated rings. The van der Waals surface area contributed by atoms with E-state index in [9.17, 15) is 4.79 Å². The predicted molar refractivity (Wildman–Crippen MR) is 75.2 cm³/mol. The van der Waals surface area contributed by atoms with Gasteiger partial charge >= 0.3 is 0 Å². The van der Waals surface area contributed by atoms with Gasteiger partial charge in [0.05, 0.1) is 11.4 Å². The van der Waals surface area contributed by atoms with Gasteiger partial charge in [0.25, 0.3) is 5.91 Å². The Bertz CT molecular complexity index is 562. The van der Waals surface area contributed by atoms with Crippen molar-refractivity contribution in [2.75, 3.05) is 12.3 Å². The number of carbonyl (C=O) groups excluding carboxylic acids is 1. The van der Waals surface area contributed by atoms with Gasteiger partial charge in [0, 0.05) is 12.7 Å². The van der Waals surface area contributed by atoms with E-state index >= 15 is 0 Å². The highest BCUT2D eigenvalue weighted by molar-refractivity contribution is 5.92. The summed E-state index contributed by atoms with van der Waals surface area (Å²) in [6.07, 6.45) is 3.76. The summed E-state index contributed by atoms with van der Waals surface area (Å²) in [4.78, 5) is 11.8. The van der Waals surface area contributed by atoms with Gasteiger partial charge in [0.15, 0.2) is 5.69 Å². The first-order valence-corrected chi connectivity index (χ1v) is 6.41. The second kappa shape index (κ2) is 6.04. The molecule has 5 heteroatoms. The van der Waals surface area contributed by atoms with Gasteiger partial charge in [-0.05, 0) is 24.6 Å². The lowest BCUT2D eigenvalue weighted by Crippen LogP contribution is -2.24. The molecule has 2 aromatic rings. The Kier molecular flexibility index (Phi) is 4.18. The minimum atomic E-state index is -0.151. The van der Waals surface area contributed by atoms with Crippen LogP contribution in [-0.4, -0.2) is 22.2 Å². The zero-order valence-corrected chi connectivity index (χ0v) is 11.0. The largest absolute Gasteiger partial charge is 0.397 e. The highest BCUT2D eigenvalue weighted by Gasteiger charge is 2.10. The van der Waals surface area contributed by atoms with Crippen molar-refractivity contribution in [1.29, 1.82) is 0 Å². The van der Waals surface area contributed by atoms with E-state index in [2.05, 4.69) is 17.3 Å². The second-order valence-electron chi connectivity index (χ2n) is 4.31. The molecule has 19 heavy (non-hydrogen) atoms. The molecule has 0 saturated carbocycles. The molecule has 0 aliphatic heterocycles. The third kappa shape index (κ3) is 3.13. The Labute approximate surface area is 112 Å². The average molecular weight is 258 g/mol. The summed E-state index contributed by atoms with van der Waals surface area (Å²) in [7, 11) is 0. The van der Waals surface area contributed by atoms with E-state index in [-0.39, 0.29) is 5.91 Å². The molecule has 0 radical (unpaired) electrons.